The normalized spacial score (nSPS) is 14.1. The number of carbonyl (C=O) groups is 2. The lowest BCUT2D eigenvalue weighted by molar-refractivity contribution is -0.115. The Hall–Kier alpha value is -3.20. The van der Waals surface area contributed by atoms with Crippen LogP contribution >= 0.6 is 11.7 Å². The van der Waals surface area contributed by atoms with Crippen molar-refractivity contribution in [2.24, 2.45) is 0 Å². The van der Waals surface area contributed by atoms with Gasteiger partial charge in [-0.1, -0.05) is 18.2 Å². The van der Waals surface area contributed by atoms with Crippen LogP contribution in [-0.2, 0) is 4.79 Å². The Bertz CT molecular complexity index is 969. The Kier molecular flexibility index (Phi) is 5.34. The molecule has 28 heavy (non-hydrogen) atoms. The van der Waals surface area contributed by atoms with Crippen LogP contribution in [-0.4, -0.2) is 58.3 Å². The predicted octanol–water partition coefficient (Wildman–Crippen LogP) is 2.16. The second-order valence-electron chi connectivity index (χ2n) is 6.48. The lowest BCUT2D eigenvalue weighted by Crippen LogP contribution is -2.52. The van der Waals surface area contributed by atoms with E-state index in [9.17, 15) is 9.59 Å². The lowest BCUT2D eigenvalue weighted by Gasteiger charge is -2.36. The molecule has 1 saturated heterocycles. The topological polar surface area (TPSA) is 90.5 Å². The molecular formula is C19H20N6O2S. The van der Waals surface area contributed by atoms with Crippen molar-refractivity contribution in [3.8, 4) is 0 Å². The zero-order valence-corrected chi connectivity index (χ0v) is 16.0. The maximum Gasteiger partial charge on any atom is 0.317 e. The Labute approximate surface area is 166 Å². The third-order valence-electron chi connectivity index (χ3n) is 4.63. The van der Waals surface area contributed by atoms with Gasteiger partial charge in [-0.3, -0.25) is 4.79 Å². The molecule has 4 rings (SSSR count). The summed E-state index contributed by atoms with van der Waals surface area (Å²) >= 11 is 1.13. The van der Waals surface area contributed by atoms with E-state index in [1.54, 1.807) is 23.1 Å². The fraction of sp³-hybridized carbons (Fsp3) is 0.263. The zero-order valence-electron chi connectivity index (χ0n) is 15.2. The molecule has 3 aromatic rings. The molecule has 0 bridgehead atoms. The number of carbonyl (C=O) groups excluding carboxylic acids is 2. The third kappa shape index (κ3) is 4.20. The SMILES string of the molecule is O=C(CNC(=O)N1CCN(c2ccccc2)CC1)Nc1ccc2nsnc2c1. The van der Waals surface area contributed by atoms with E-state index in [2.05, 4.69) is 36.4 Å². The average Bonchev–Trinajstić information content (AvgIpc) is 3.21. The molecule has 0 saturated carbocycles. The highest BCUT2D eigenvalue weighted by Gasteiger charge is 2.21. The second kappa shape index (κ2) is 8.22. The molecule has 0 radical (unpaired) electrons. The van der Waals surface area contributed by atoms with E-state index in [-0.39, 0.29) is 18.5 Å². The molecule has 9 heteroatoms. The summed E-state index contributed by atoms with van der Waals surface area (Å²) in [4.78, 5) is 28.4. The van der Waals surface area contributed by atoms with Gasteiger partial charge in [0.25, 0.3) is 0 Å². The molecule has 2 heterocycles. The molecule has 0 unspecified atom stereocenters. The molecular weight excluding hydrogens is 376 g/mol. The molecule has 0 atom stereocenters. The van der Waals surface area contributed by atoms with Gasteiger partial charge in [-0.2, -0.15) is 8.75 Å². The van der Waals surface area contributed by atoms with Crippen LogP contribution in [0.5, 0.6) is 0 Å². The van der Waals surface area contributed by atoms with Crippen LogP contribution in [0.25, 0.3) is 11.0 Å². The molecule has 144 valence electrons. The summed E-state index contributed by atoms with van der Waals surface area (Å²) in [6.45, 7) is 2.70. The van der Waals surface area contributed by atoms with Crippen molar-refractivity contribution in [1.29, 1.82) is 0 Å². The van der Waals surface area contributed by atoms with E-state index in [1.807, 2.05) is 18.2 Å². The Morgan fingerprint density at radius 2 is 1.71 bits per heavy atom. The summed E-state index contributed by atoms with van der Waals surface area (Å²) in [5, 5.41) is 5.46. The number of nitrogens with zero attached hydrogens (tertiary/aromatic N) is 4. The number of piperazine rings is 1. The smallest absolute Gasteiger partial charge is 0.317 e. The molecule has 3 amide bonds. The first kappa shape index (κ1) is 18.2. The number of urea groups is 1. The molecule has 1 aliphatic rings. The Morgan fingerprint density at radius 1 is 0.964 bits per heavy atom. The van der Waals surface area contributed by atoms with Gasteiger partial charge in [-0.05, 0) is 30.3 Å². The first-order valence-corrected chi connectivity index (χ1v) is 9.77. The molecule has 0 spiro atoms. The number of para-hydroxylation sites is 1. The minimum atomic E-state index is -0.279. The highest BCUT2D eigenvalue weighted by Crippen LogP contribution is 2.17. The van der Waals surface area contributed by atoms with E-state index < -0.39 is 0 Å². The van der Waals surface area contributed by atoms with E-state index in [1.165, 1.54) is 0 Å². The van der Waals surface area contributed by atoms with E-state index in [0.29, 0.717) is 18.8 Å². The van der Waals surface area contributed by atoms with Gasteiger partial charge in [-0.25, -0.2) is 4.79 Å². The van der Waals surface area contributed by atoms with Crippen molar-refractivity contribution in [2.45, 2.75) is 0 Å². The van der Waals surface area contributed by atoms with E-state index in [4.69, 9.17) is 0 Å². The van der Waals surface area contributed by atoms with Crippen LogP contribution in [0, 0.1) is 0 Å². The molecule has 8 nitrogen and oxygen atoms in total. The summed E-state index contributed by atoms with van der Waals surface area (Å²) in [6, 6.07) is 15.3. The number of amides is 3. The highest BCUT2D eigenvalue weighted by molar-refractivity contribution is 7.00. The fourth-order valence-electron chi connectivity index (χ4n) is 3.14. The maximum absolute atomic E-state index is 12.3. The fourth-order valence-corrected chi connectivity index (χ4v) is 3.66. The molecule has 1 fully saturated rings. The lowest BCUT2D eigenvalue weighted by atomic mass is 10.2. The average molecular weight is 396 g/mol. The maximum atomic E-state index is 12.3. The summed E-state index contributed by atoms with van der Waals surface area (Å²) in [5.74, 6) is -0.279. The number of nitrogens with one attached hydrogen (secondary N) is 2. The highest BCUT2D eigenvalue weighted by atomic mass is 32.1. The van der Waals surface area contributed by atoms with Gasteiger partial charge in [0.05, 0.1) is 18.3 Å². The summed E-state index contributed by atoms with van der Waals surface area (Å²) in [7, 11) is 0. The summed E-state index contributed by atoms with van der Waals surface area (Å²) < 4.78 is 8.28. The molecule has 2 N–H and O–H groups in total. The number of hydrogen-bond donors (Lipinski definition) is 2. The minimum Gasteiger partial charge on any atom is -0.368 e. The van der Waals surface area contributed by atoms with Gasteiger partial charge in [0.1, 0.15) is 11.0 Å². The van der Waals surface area contributed by atoms with Gasteiger partial charge >= 0.3 is 6.03 Å². The zero-order chi connectivity index (χ0) is 19.3. The van der Waals surface area contributed by atoms with Crippen molar-refractivity contribution in [3.05, 3.63) is 48.5 Å². The van der Waals surface area contributed by atoms with Crippen LogP contribution in [0.1, 0.15) is 0 Å². The van der Waals surface area contributed by atoms with Gasteiger partial charge in [-0.15, -0.1) is 0 Å². The van der Waals surface area contributed by atoms with E-state index in [0.717, 1.165) is 41.5 Å². The van der Waals surface area contributed by atoms with Crippen molar-refractivity contribution in [1.82, 2.24) is 19.0 Å². The number of rotatable bonds is 4. The van der Waals surface area contributed by atoms with Crippen LogP contribution in [0.4, 0.5) is 16.2 Å². The Morgan fingerprint density at radius 3 is 2.50 bits per heavy atom. The van der Waals surface area contributed by atoms with Gasteiger partial charge in [0.2, 0.25) is 5.91 Å². The second-order valence-corrected chi connectivity index (χ2v) is 7.01. The largest absolute Gasteiger partial charge is 0.368 e. The minimum absolute atomic E-state index is 0.0783. The number of fused-ring (bicyclic) bond motifs is 1. The van der Waals surface area contributed by atoms with Crippen molar-refractivity contribution in [3.63, 3.8) is 0 Å². The van der Waals surface area contributed by atoms with Crippen LogP contribution in [0.2, 0.25) is 0 Å². The number of benzene rings is 2. The Balaban J connectivity index is 1.23. The summed E-state index contributed by atoms with van der Waals surface area (Å²) in [5.41, 5.74) is 3.33. The summed E-state index contributed by atoms with van der Waals surface area (Å²) in [6.07, 6.45) is 0. The molecule has 0 aliphatic carbocycles. The van der Waals surface area contributed by atoms with Gasteiger partial charge in [0.15, 0.2) is 0 Å². The number of anilines is 2. The monoisotopic (exact) mass is 396 g/mol. The van der Waals surface area contributed by atoms with Crippen LogP contribution in [0.3, 0.4) is 0 Å². The van der Waals surface area contributed by atoms with Crippen molar-refractivity contribution in [2.75, 3.05) is 42.9 Å². The predicted molar refractivity (Wildman–Crippen MR) is 110 cm³/mol. The van der Waals surface area contributed by atoms with Crippen LogP contribution in [0.15, 0.2) is 48.5 Å². The quantitative estimate of drug-likeness (QED) is 0.705. The van der Waals surface area contributed by atoms with Gasteiger partial charge in [0, 0.05) is 37.6 Å². The van der Waals surface area contributed by atoms with Crippen molar-refractivity contribution < 1.29 is 9.59 Å². The number of aromatic nitrogens is 2. The standard InChI is InChI=1S/C19H20N6O2S/c26-18(21-14-6-7-16-17(12-14)23-28-22-16)13-20-19(27)25-10-8-24(9-11-25)15-4-2-1-3-5-15/h1-7,12H,8-11,13H2,(H,20,27)(H,21,26). The third-order valence-corrected chi connectivity index (χ3v) is 5.18. The van der Waals surface area contributed by atoms with Gasteiger partial charge < -0.3 is 20.4 Å². The molecule has 2 aromatic carbocycles. The van der Waals surface area contributed by atoms with Crippen LogP contribution < -0.4 is 15.5 Å². The van der Waals surface area contributed by atoms with E-state index >= 15 is 0 Å². The first-order chi connectivity index (χ1) is 13.7. The first-order valence-electron chi connectivity index (χ1n) is 9.04. The molecule has 1 aromatic heterocycles. The number of hydrogen-bond acceptors (Lipinski definition) is 6. The molecule has 1 aliphatic heterocycles. The van der Waals surface area contributed by atoms with Crippen molar-refractivity contribution >= 4 is 46.1 Å².